The number of ether oxygens (including phenoxy) is 11. The molecule has 2 heterocycles. The number of nitrogen functional groups attached to an aromatic ring is 2. The average Bonchev–Trinajstić information content (AvgIpc) is 0.711. The van der Waals surface area contributed by atoms with E-state index in [4.69, 9.17) is 69.0 Å². The van der Waals surface area contributed by atoms with Crippen LogP contribution in [0.3, 0.4) is 0 Å². The number of carbonyl (C=O) groups excluding carboxylic acids is 3. The third-order valence-corrected chi connectivity index (χ3v) is 17.0. The predicted molar refractivity (Wildman–Crippen MR) is 404 cm³/mol. The van der Waals surface area contributed by atoms with Crippen molar-refractivity contribution < 1.29 is 125 Å². The maximum absolute atomic E-state index is 13.6. The molecule has 0 aliphatic heterocycles. The monoisotopic (exact) mass is 1620 g/mol. The van der Waals surface area contributed by atoms with E-state index >= 15 is 0 Å². The van der Waals surface area contributed by atoms with Crippen LogP contribution < -0.4 is 16.2 Å². The van der Waals surface area contributed by atoms with Crippen LogP contribution in [0, 0.1) is 58.2 Å². The number of benzene rings is 4. The normalized spacial score (nSPS) is 11.2. The number of Topliss-reactive ketones (excluding diaryl/α,β-unsaturated/α-hetero) is 2. The molecule has 0 bridgehead atoms. The van der Waals surface area contributed by atoms with Crippen LogP contribution in [0.4, 0.5) is 55.5 Å². The highest BCUT2D eigenvalue weighted by atomic mass is 35.5. The van der Waals surface area contributed by atoms with Crippen LogP contribution in [0.5, 0.6) is 11.5 Å². The van der Waals surface area contributed by atoms with Gasteiger partial charge in [-0.15, -0.1) is 12.4 Å². The second-order valence-electron chi connectivity index (χ2n) is 25.7. The van der Waals surface area contributed by atoms with Gasteiger partial charge < -0.3 is 73.8 Å². The number of fused-ring (bicyclic) bond motifs is 2. The average molecular weight is 1620 g/mol. The van der Waals surface area contributed by atoms with Gasteiger partial charge in [0.2, 0.25) is 63.9 Å². The van der Waals surface area contributed by atoms with Crippen LogP contribution in [0.25, 0.3) is 21.8 Å². The van der Waals surface area contributed by atoms with Crippen LogP contribution in [0.2, 0.25) is 0 Å². The molecule has 0 spiro atoms. The quantitative estimate of drug-likeness (QED) is 0.00689. The number of phenols is 1. The van der Waals surface area contributed by atoms with E-state index in [9.17, 15) is 63.1 Å². The van der Waals surface area contributed by atoms with Crippen molar-refractivity contribution in [3.8, 4) is 11.5 Å². The van der Waals surface area contributed by atoms with E-state index in [1.807, 2.05) is 18.2 Å². The number of aliphatic carboxylic acids is 1. The first-order valence-corrected chi connectivity index (χ1v) is 37.9. The zero-order valence-electron chi connectivity index (χ0n) is 64.0. The molecule has 0 saturated heterocycles. The van der Waals surface area contributed by atoms with Crippen molar-refractivity contribution in [2.24, 2.45) is 0 Å². The Kier molecular flexibility index (Phi) is 52.3. The Morgan fingerprint density at radius 1 is 0.348 bits per heavy atom. The number of anilines is 2. The molecule has 0 unspecified atom stereocenters. The Hall–Kier alpha value is -7.43. The molecule has 2 aromatic heterocycles. The molecule has 6 aromatic rings. The van der Waals surface area contributed by atoms with Crippen molar-refractivity contribution in [2.75, 3.05) is 144 Å². The number of ketones is 2. The maximum Gasteiger partial charge on any atom is 0.313 e. The summed E-state index contributed by atoms with van der Waals surface area (Å²) in [6.45, 7) is 10.9. The van der Waals surface area contributed by atoms with Gasteiger partial charge in [0.15, 0.2) is 5.75 Å². The van der Waals surface area contributed by atoms with Crippen LogP contribution in [0.15, 0.2) is 48.5 Å². The van der Waals surface area contributed by atoms with Gasteiger partial charge in [0, 0.05) is 36.5 Å². The van der Waals surface area contributed by atoms with Crippen molar-refractivity contribution >= 4 is 69.4 Å². The third-order valence-electron chi connectivity index (χ3n) is 17.0. The number of carboxylic acid groups (broad SMARTS) is 1. The molecule has 32 heteroatoms. The Balaban J connectivity index is 0.000000508. The number of phenolic OH excluding ortho intramolecular Hbond substituents is 1. The number of esters is 1. The fourth-order valence-electron chi connectivity index (χ4n) is 10.9. The third kappa shape index (κ3) is 39.1. The Morgan fingerprint density at radius 3 is 0.973 bits per heavy atom. The van der Waals surface area contributed by atoms with Crippen LogP contribution in [0.1, 0.15) is 165 Å². The number of nitrogens with zero attached hydrogens (tertiary/aromatic N) is 2. The molecular formula is C80H109ClF10N4O17. The summed E-state index contributed by atoms with van der Waals surface area (Å²) in [5.74, 6) is -26.2. The number of hydrogen-bond acceptors (Lipinski definition) is 20. The van der Waals surface area contributed by atoms with Gasteiger partial charge in [0.05, 0.1) is 156 Å². The number of carboxylic acids is 1. The molecule has 628 valence electrons. The number of halogens is 11. The maximum atomic E-state index is 13.6. The predicted octanol–water partition coefficient (Wildman–Crippen LogP) is 15.8. The first kappa shape index (κ1) is 98.8. The van der Waals surface area contributed by atoms with Crippen molar-refractivity contribution in [3.63, 3.8) is 0 Å². The summed E-state index contributed by atoms with van der Waals surface area (Å²) in [5.41, 5.74) is 19.3. The van der Waals surface area contributed by atoms with E-state index in [0.29, 0.717) is 136 Å². The smallest absolute Gasteiger partial charge is 0.313 e. The van der Waals surface area contributed by atoms with Gasteiger partial charge in [-0.1, -0.05) is 89.5 Å². The lowest BCUT2D eigenvalue weighted by molar-refractivity contribution is -0.138. The largest absolute Gasteiger partial charge is 0.503 e. The fraction of sp³-hybridized carbons (Fsp3) is 0.575. The molecule has 0 atom stereocenters. The van der Waals surface area contributed by atoms with Crippen molar-refractivity contribution in [2.45, 2.75) is 168 Å². The van der Waals surface area contributed by atoms with Gasteiger partial charge in [-0.3, -0.25) is 19.2 Å². The molecule has 112 heavy (non-hydrogen) atoms. The molecule has 0 radical (unpaired) electrons. The summed E-state index contributed by atoms with van der Waals surface area (Å²) >= 11 is 0. The minimum atomic E-state index is -2.35. The van der Waals surface area contributed by atoms with Gasteiger partial charge >= 0.3 is 11.9 Å². The minimum absolute atomic E-state index is 0. The van der Waals surface area contributed by atoms with E-state index < -0.39 is 88.0 Å². The number of aromatic nitrogens is 2. The van der Waals surface area contributed by atoms with Crippen LogP contribution >= 0.6 is 12.4 Å². The topological polar surface area (TPSA) is 288 Å². The summed E-state index contributed by atoms with van der Waals surface area (Å²) in [4.78, 5) is 55.8. The summed E-state index contributed by atoms with van der Waals surface area (Å²) in [6, 6.07) is 17.0. The number of pyridine rings is 2. The molecule has 4 aromatic carbocycles. The van der Waals surface area contributed by atoms with Crippen molar-refractivity contribution in [3.05, 3.63) is 129 Å². The fourth-order valence-corrected chi connectivity index (χ4v) is 10.9. The number of hydrogen-bond donors (Lipinski definition) is 4. The summed E-state index contributed by atoms with van der Waals surface area (Å²) in [5, 5.41) is 19.2. The number of carbonyl (C=O) groups is 4. The van der Waals surface area contributed by atoms with Gasteiger partial charge in [0.25, 0.3) is 0 Å². The SMILES string of the molecule is CCCCCc1cc2c(CCCCCCC(=O)CCOCCOCCOCCOCCOCCC(=O)O)cccc2nc1N.CCCCCc1cc2c(CCCCCCC(=O)CCOCCOCCOCCOCCOCCC(=O)Oc3c(F)c(F)c(F)c(F)c3F)cccc2nc1N.Cl.Oc1c(F)c(F)c(F)c(F)c1F. The zero-order chi connectivity index (χ0) is 81.0. The lowest BCUT2D eigenvalue weighted by Crippen LogP contribution is -2.16. The first-order valence-electron chi connectivity index (χ1n) is 37.9. The first-order chi connectivity index (χ1) is 53.6. The van der Waals surface area contributed by atoms with Gasteiger partial charge in [-0.2, -0.15) is 17.6 Å². The molecule has 6 rings (SSSR count). The molecule has 21 nitrogen and oxygen atoms in total. The van der Waals surface area contributed by atoms with E-state index in [0.717, 1.165) is 112 Å². The summed E-state index contributed by atoms with van der Waals surface area (Å²) in [7, 11) is 0. The standard InChI is InChI=1S/C40H53F5N2O8.C34H54N2O8.C6HF5O.ClH/c1-2-3-6-11-29-27-31-28(12-9-14-32(31)47-40(29)46)10-7-4-5-8-13-30(48)15-17-50-19-21-52-23-25-54-26-24-53-22-20-51-18-16-33(49)55-39-37(44)35(42)34(41)36(43)38(39)45;1-2-3-6-11-29-27-31-28(12-9-14-32(31)36-34(29)35)10-7-4-5-8-13-30(37)15-17-40-19-21-42-23-25-44-26-24-43-22-20-41-18-16-33(38)39;7-1-2(8)4(10)6(12)5(11)3(1)9;/h9,12,14,27H,2-8,10-11,13,15-26H2,1H3,(H2,46,47);9,12,14,27H,2-8,10-11,13,15-26H2,1H3,(H2,35,36)(H,38,39);12H;1H. The van der Waals surface area contributed by atoms with Crippen molar-refractivity contribution in [1.29, 1.82) is 0 Å². The molecule has 0 amide bonds. The Labute approximate surface area is 654 Å². The number of rotatable bonds is 59. The van der Waals surface area contributed by atoms with Crippen LogP contribution in [-0.2, 0) is 92.2 Å². The number of nitrogens with two attached hydrogens (primary N) is 2. The second kappa shape index (κ2) is 59.3. The minimum Gasteiger partial charge on any atom is -0.503 e. The molecular weight excluding hydrogens is 1510 g/mol. The number of aryl methyl sites for hydroxylation is 4. The Bertz CT molecular complexity index is 3590. The van der Waals surface area contributed by atoms with E-state index in [1.54, 1.807) is 0 Å². The van der Waals surface area contributed by atoms with Crippen LogP contribution in [-0.4, -0.2) is 176 Å². The van der Waals surface area contributed by atoms with E-state index in [1.165, 1.54) is 47.6 Å². The number of unbranched alkanes of at least 4 members (excludes halogenated alkanes) is 10. The Morgan fingerprint density at radius 2 is 0.634 bits per heavy atom. The molecule has 0 aliphatic carbocycles. The highest BCUT2D eigenvalue weighted by Gasteiger charge is 2.29. The molecule has 0 fully saturated rings. The highest BCUT2D eigenvalue weighted by Crippen LogP contribution is 2.32. The van der Waals surface area contributed by atoms with Crippen molar-refractivity contribution in [1.82, 2.24) is 9.97 Å². The lowest BCUT2D eigenvalue weighted by Gasteiger charge is -2.11. The van der Waals surface area contributed by atoms with E-state index in [-0.39, 0.29) is 63.4 Å². The highest BCUT2D eigenvalue weighted by molar-refractivity contribution is 5.86. The molecule has 0 aliphatic rings. The summed E-state index contributed by atoms with van der Waals surface area (Å²) in [6.07, 6.45) is 20.6. The lowest BCUT2D eigenvalue weighted by atomic mass is 9.98. The van der Waals surface area contributed by atoms with Gasteiger partial charge in [-0.05, 0) is 111 Å². The van der Waals surface area contributed by atoms with Gasteiger partial charge in [-0.25, -0.2) is 36.3 Å². The molecule has 6 N–H and O–H groups in total. The molecule has 0 saturated carbocycles. The van der Waals surface area contributed by atoms with E-state index in [2.05, 4.69) is 58.9 Å². The summed E-state index contributed by atoms with van der Waals surface area (Å²) < 4.78 is 185. The zero-order valence-corrected chi connectivity index (χ0v) is 64.8. The number of aromatic hydroxyl groups is 1. The second-order valence-corrected chi connectivity index (χ2v) is 25.7. The van der Waals surface area contributed by atoms with Gasteiger partial charge in [0.1, 0.15) is 23.2 Å².